The first-order chi connectivity index (χ1) is 12.0. The zero-order valence-electron chi connectivity index (χ0n) is 14.9. The molecule has 4 nitrogen and oxygen atoms in total. The van der Waals surface area contributed by atoms with E-state index in [-0.39, 0.29) is 17.3 Å². The smallest absolute Gasteiger partial charge is 0.417 e. The highest BCUT2D eigenvalue weighted by atomic mass is 35.5. The Hall–Kier alpha value is -1.80. The monoisotopic (exact) mass is 404 g/mol. The van der Waals surface area contributed by atoms with Gasteiger partial charge in [-0.1, -0.05) is 37.3 Å². The SMILES string of the molecule is COc1cnc(-c2cccc(C(F)(F)F)c2Cl)nc1OCC[Si](C)(C)C. The maximum atomic E-state index is 13.1. The van der Waals surface area contributed by atoms with Crippen LogP contribution in [0.25, 0.3) is 11.4 Å². The van der Waals surface area contributed by atoms with Crippen LogP contribution in [0.3, 0.4) is 0 Å². The Kier molecular flexibility index (Phi) is 6.18. The molecule has 142 valence electrons. The van der Waals surface area contributed by atoms with E-state index in [4.69, 9.17) is 21.1 Å². The first kappa shape index (κ1) is 20.5. The highest BCUT2D eigenvalue weighted by Gasteiger charge is 2.34. The number of rotatable bonds is 6. The molecule has 0 spiro atoms. The lowest BCUT2D eigenvalue weighted by Gasteiger charge is -2.17. The summed E-state index contributed by atoms with van der Waals surface area (Å²) in [5.74, 6) is 0.543. The number of ether oxygens (including phenoxy) is 2. The molecular formula is C17H20ClF3N2O2Si. The minimum Gasteiger partial charge on any atom is -0.490 e. The molecule has 1 aromatic heterocycles. The fourth-order valence-corrected chi connectivity index (χ4v) is 3.14. The van der Waals surface area contributed by atoms with Gasteiger partial charge in [-0.25, -0.2) is 4.98 Å². The molecule has 0 unspecified atom stereocenters. The predicted octanol–water partition coefficient (Wildman–Crippen LogP) is 5.54. The molecule has 2 rings (SSSR count). The maximum Gasteiger partial charge on any atom is 0.417 e. The Labute approximate surface area is 156 Å². The van der Waals surface area contributed by atoms with Crippen LogP contribution in [0, 0.1) is 0 Å². The van der Waals surface area contributed by atoms with Gasteiger partial charge in [0.15, 0.2) is 11.6 Å². The fourth-order valence-electron chi connectivity index (χ4n) is 2.11. The molecule has 0 amide bonds. The van der Waals surface area contributed by atoms with Gasteiger partial charge in [-0.2, -0.15) is 18.2 Å². The second-order valence-electron chi connectivity index (χ2n) is 6.89. The van der Waals surface area contributed by atoms with Crippen LogP contribution in [0.1, 0.15) is 5.56 Å². The van der Waals surface area contributed by atoms with Gasteiger partial charge >= 0.3 is 6.18 Å². The molecule has 0 N–H and O–H groups in total. The van der Waals surface area contributed by atoms with Gasteiger partial charge in [0.25, 0.3) is 5.88 Å². The minimum atomic E-state index is -4.56. The van der Waals surface area contributed by atoms with Gasteiger partial charge < -0.3 is 9.47 Å². The number of nitrogens with zero attached hydrogens (tertiary/aromatic N) is 2. The van der Waals surface area contributed by atoms with Crippen LogP contribution in [-0.4, -0.2) is 31.8 Å². The van der Waals surface area contributed by atoms with Gasteiger partial charge in [0.05, 0.1) is 30.5 Å². The Morgan fingerprint density at radius 3 is 2.46 bits per heavy atom. The van der Waals surface area contributed by atoms with Gasteiger partial charge in [-0.15, -0.1) is 0 Å². The second kappa shape index (κ2) is 7.83. The summed E-state index contributed by atoms with van der Waals surface area (Å²) >= 11 is 5.95. The Morgan fingerprint density at radius 2 is 1.88 bits per heavy atom. The highest BCUT2D eigenvalue weighted by Crippen LogP contribution is 2.39. The minimum absolute atomic E-state index is 0.0462. The summed E-state index contributed by atoms with van der Waals surface area (Å²) in [4.78, 5) is 8.28. The number of methoxy groups -OCH3 is 1. The molecule has 0 saturated heterocycles. The summed E-state index contributed by atoms with van der Waals surface area (Å²) in [6, 6.07) is 4.52. The first-order valence-electron chi connectivity index (χ1n) is 7.93. The predicted molar refractivity (Wildman–Crippen MR) is 97.7 cm³/mol. The third kappa shape index (κ3) is 5.11. The zero-order chi connectivity index (χ0) is 19.5. The van der Waals surface area contributed by atoms with E-state index >= 15 is 0 Å². The molecule has 26 heavy (non-hydrogen) atoms. The van der Waals surface area contributed by atoms with Gasteiger partial charge in [-0.3, -0.25) is 0 Å². The molecule has 1 aromatic carbocycles. The van der Waals surface area contributed by atoms with Gasteiger partial charge in [0.2, 0.25) is 0 Å². The van der Waals surface area contributed by atoms with Crippen LogP contribution >= 0.6 is 11.6 Å². The summed E-state index contributed by atoms with van der Waals surface area (Å²) in [6.07, 6.45) is -3.20. The van der Waals surface area contributed by atoms with E-state index in [0.29, 0.717) is 12.4 Å². The Bertz CT molecular complexity index is 780. The molecular weight excluding hydrogens is 385 g/mol. The molecule has 0 radical (unpaired) electrons. The van der Waals surface area contributed by atoms with Crippen LogP contribution in [0.15, 0.2) is 24.4 Å². The van der Waals surface area contributed by atoms with Crippen molar-refractivity contribution in [1.29, 1.82) is 0 Å². The van der Waals surface area contributed by atoms with Crippen molar-refractivity contribution >= 4 is 19.7 Å². The second-order valence-corrected chi connectivity index (χ2v) is 12.9. The third-order valence-electron chi connectivity index (χ3n) is 3.58. The quantitative estimate of drug-likeness (QED) is 0.593. The lowest BCUT2D eigenvalue weighted by atomic mass is 10.1. The summed E-state index contributed by atoms with van der Waals surface area (Å²) in [5.41, 5.74) is -0.850. The van der Waals surface area contributed by atoms with Gasteiger partial charge in [0, 0.05) is 13.6 Å². The van der Waals surface area contributed by atoms with E-state index in [2.05, 4.69) is 29.6 Å². The van der Waals surface area contributed by atoms with Crippen molar-refractivity contribution in [3.05, 3.63) is 35.0 Å². The molecule has 0 bridgehead atoms. The standard InChI is InChI=1S/C17H20ClF3N2O2Si/c1-24-13-10-22-15(23-16(13)25-8-9-26(2,3)4)11-6-5-7-12(14(11)18)17(19,20)21/h5-7,10H,8-9H2,1-4H3. The largest absolute Gasteiger partial charge is 0.490 e. The van der Waals surface area contributed by atoms with E-state index in [9.17, 15) is 13.2 Å². The summed E-state index contributed by atoms with van der Waals surface area (Å²) < 4.78 is 50.0. The number of aromatic nitrogens is 2. The average Bonchev–Trinajstić information content (AvgIpc) is 2.52. The fraction of sp³-hybridized carbons (Fsp3) is 0.412. The molecule has 9 heteroatoms. The highest BCUT2D eigenvalue weighted by molar-refractivity contribution is 6.76. The van der Waals surface area contributed by atoms with Crippen molar-refractivity contribution in [2.45, 2.75) is 31.9 Å². The normalized spacial score (nSPS) is 12.2. The van der Waals surface area contributed by atoms with Gasteiger partial charge in [-0.05, 0) is 18.2 Å². The van der Waals surface area contributed by atoms with Crippen molar-refractivity contribution in [3.63, 3.8) is 0 Å². The molecule has 0 atom stereocenters. The number of benzene rings is 1. The van der Waals surface area contributed by atoms with Crippen molar-refractivity contribution in [1.82, 2.24) is 9.97 Å². The number of hydrogen-bond donors (Lipinski definition) is 0. The molecule has 0 aliphatic heterocycles. The lowest BCUT2D eigenvalue weighted by Crippen LogP contribution is -2.22. The van der Waals surface area contributed by atoms with Crippen LogP contribution < -0.4 is 9.47 Å². The summed E-state index contributed by atoms with van der Waals surface area (Å²) in [7, 11) is 0.137. The third-order valence-corrected chi connectivity index (χ3v) is 5.69. The average molecular weight is 405 g/mol. The number of halogens is 4. The molecule has 1 heterocycles. The molecule has 0 aliphatic carbocycles. The zero-order valence-corrected chi connectivity index (χ0v) is 16.7. The van der Waals surface area contributed by atoms with E-state index in [0.717, 1.165) is 12.1 Å². The van der Waals surface area contributed by atoms with E-state index < -0.39 is 24.8 Å². The van der Waals surface area contributed by atoms with Crippen LogP contribution in [0.5, 0.6) is 11.6 Å². The van der Waals surface area contributed by atoms with Crippen LogP contribution in [-0.2, 0) is 6.18 Å². The molecule has 0 fully saturated rings. The van der Waals surface area contributed by atoms with Gasteiger partial charge in [0.1, 0.15) is 0 Å². The number of alkyl halides is 3. The molecule has 0 aliphatic rings. The van der Waals surface area contributed by atoms with E-state index in [1.54, 1.807) is 0 Å². The Balaban J connectivity index is 2.38. The topological polar surface area (TPSA) is 44.2 Å². The van der Waals surface area contributed by atoms with Crippen molar-refractivity contribution < 1.29 is 22.6 Å². The van der Waals surface area contributed by atoms with Crippen LogP contribution in [0.2, 0.25) is 30.7 Å². The first-order valence-corrected chi connectivity index (χ1v) is 12.0. The van der Waals surface area contributed by atoms with E-state index in [1.807, 2.05) is 0 Å². The number of hydrogen-bond acceptors (Lipinski definition) is 4. The van der Waals surface area contributed by atoms with Crippen LogP contribution in [0.4, 0.5) is 13.2 Å². The summed E-state index contributed by atoms with van der Waals surface area (Å²) in [5, 5.41) is -0.446. The van der Waals surface area contributed by atoms with Crippen molar-refractivity contribution in [3.8, 4) is 23.0 Å². The molecule has 0 saturated carbocycles. The maximum absolute atomic E-state index is 13.1. The van der Waals surface area contributed by atoms with Crippen molar-refractivity contribution in [2.75, 3.05) is 13.7 Å². The Morgan fingerprint density at radius 1 is 1.19 bits per heavy atom. The molecule has 2 aromatic rings. The van der Waals surface area contributed by atoms with Crippen molar-refractivity contribution in [2.24, 2.45) is 0 Å². The summed E-state index contributed by atoms with van der Waals surface area (Å²) in [6.45, 7) is 7.07. The van der Waals surface area contributed by atoms with E-state index in [1.165, 1.54) is 25.4 Å². The lowest BCUT2D eigenvalue weighted by molar-refractivity contribution is -0.137.